The predicted molar refractivity (Wildman–Crippen MR) is 32.6 cm³/mol. The quantitative estimate of drug-likeness (QED) is 0.328. The topological polar surface area (TPSA) is 0 Å². The number of rotatable bonds is 0. The minimum absolute atomic E-state index is 0. The van der Waals surface area contributed by atoms with Crippen LogP contribution in [0.3, 0.4) is 0 Å². The molecule has 0 unspecified atom stereocenters. The fourth-order valence-corrected chi connectivity index (χ4v) is 2.27. The first-order valence-corrected chi connectivity index (χ1v) is 4.75. The molecule has 0 aromatic carbocycles. The van der Waals surface area contributed by atoms with E-state index in [1.54, 1.807) is 22.5 Å². The van der Waals surface area contributed by atoms with Gasteiger partial charge < -0.3 is 50.9 Å². The SMILES string of the molecule is [Br-].[Br-].[Br-].[Sn+3][CH]1CCCCC1. The predicted octanol–water partition coefficient (Wildman–Crippen LogP) is -7.08. The molecule has 0 saturated heterocycles. The molecule has 10 heavy (non-hydrogen) atoms. The fraction of sp³-hybridized carbons (Fsp3) is 1.00. The molecule has 0 aliphatic heterocycles. The zero-order valence-electron chi connectivity index (χ0n) is 5.75. The summed E-state index contributed by atoms with van der Waals surface area (Å²) in [6.45, 7) is 0. The Morgan fingerprint density at radius 2 is 1.20 bits per heavy atom. The fourth-order valence-electron chi connectivity index (χ4n) is 1.10. The van der Waals surface area contributed by atoms with Crippen molar-refractivity contribution in [2.45, 2.75) is 36.0 Å². The third-order valence-electron chi connectivity index (χ3n) is 1.61. The van der Waals surface area contributed by atoms with Gasteiger partial charge in [-0.1, -0.05) is 0 Å². The Hall–Kier alpha value is 2.24. The first-order valence-electron chi connectivity index (χ1n) is 3.11. The van der Waals surface area contributed by atoms with Crippen molar-refractivity contribution in [1.82, 2.24) is 0 Å². The van der Waals surface area contributed by atoms with E-state index in [9.17, 15) is 0 Å². The van der Waals surface area contributed by atoms with E-state index in [0.29, 0.717) is 0 Å². The van der Waals surface area contributed by atoms with Crippen molar-refractivity contribution in [3.63, 3.8) is 0 Å². The molecule has 0 atom stereocenters. The molecule has 1 fully saturated rings. The average Bonchev–Trinajstić information content (AvgIpc) is 1.69. The van der Waals surface area contributed by atoms with Crippen molar-refractivity contribution in [2.24, 2.45) is 0 Å². The van der Waals surface area contributed by atoms with Gasteiger partial charge >= 0.3 is 58.6 Å². The second kappa shape index (κ2) is 11.2. The van der Waals surface area contributed by atoms with E-state index in [0.717, 1.165) is 3.93 Å². The Labute approximate surface area is 108 Å². The summed E-state index contributed by atoms with van der Waals surface area (Å²) in [5, 5.41) is 0. The Kier molecular flexibility index (Phi) is 20.4. The Morgan fingerprint density at radius 3 is 1.40 bits per heavy atom. The third kappa shape index (κ3) is 8.34. The van der Waals surface area contributed by atoms with E-state index in [2.05, 4.69) is 0 Å². The Morgan fingerprint density at radius 1 is 0.800 bits per heavy atom. The first kappa shape index (κ1) is 18.1. The van der Waals surface area contributed by atoms with Crippen LogP contribution in [0.15, 0.2) is 0 Å². The molecule has 0 heterocycles. The minimum atomic E-state index is 0. The van der Waals surface area contributed by atoms with Crippen LogP contribution >= 0.6 is 0 Å². The zero-order valence-corrected chi connectivity index (χ0v) is 13.4. The maximum absolute atomic E-state index is 1.77. The molecular weight excluding hydrogens is 430 g/mol. The third-order valence-corrected chi connectivity index (χ3v) is 3.25. The van der Waals surface area contributed by atoms with Crippen LogP contribution in [-0.4, -0.2) is 22.5 Å². The molecule has 1 rings (SSSR count). The molecular formula is C6H11Br3Sn. The van der Waals surface area contributed by atoms with E-state index < -0.39 is 0 Å². The first-order chi connectivity index (χ1) is 3.39. The van der Waals surface area contributed by atoms with E-state index >= 15 is 0 Å². The summed E-state index contributed by atoms with van der Waals surface area (Å²) in [6.07, 6.45) is 7.58. The molecule has 60 valence electrons. The Bertz CT molecular complexity index is 55.0. The Balaban J connectivity index is -0.000000163. The molecule has 1 aliphatic carbocycles. The van der Waals surface area contributed by atoms with E-state index in [4.69, 9.17) is 0 Å². The van der Waals surface area contributed by atoms with Gasteiger partial charge in [-0.2, -0.15) is 0 Å². The molecule has 0 radical (unpaired) electrons. The van der Waals surface area contributed by atoms with Gasteiger partial charge in [-0.3, -0.25) is 0 Å². The van der Waals surface area contributed by atoms with Crippen LogP contribution in [0.1, 0.15) is 32.1 Å². The number of hydrogen-bond acceptors (Lipinski definition) is 0. The van der Waals surface area contributed by atoms with Gasteiger partial charge in [0, 0.05) is 0 Å². The summed E-state index contributed by atoms with van der Waals surface area (Å²) in [5.41, 5.74) is 0. The zero-order chi connectivity index (χ0) is 5.11. The molecule has 0 aromatic rings. The van der Waals surface area contributed by atoms with Crippen LogP contribution in [0.2, 0.25) is 3.93 Å². The molecule has 0 amide bonds. The van der Waals surface area contributed by atoms with Gasteiger partial charge in [0.05, 0.1) is 0 Å². The van der Waals surface area contributed by atoms with Crippen LogP contribution in [0, 0.1) is 0 Å². The van der Waals surface area contributed by atoms with Crippen LogP contribution in [0.5, 0.6) is 0 Å². The molecule has 4 heteroatoms. The van der Waals surface area contributed by atoms with Crippen molar-refractivity contribution in [2.75, 3.05) is 0 Å². The van der Waals surface area contributed by atoms with Crippen LogP contribution < -0.4 is 50.9 Å². The van der Waals surface area contributed by atoms with Crippen molar-refractivity contribution in [3.8, 4) is 0 Å². The van der Waals surface area contributed by atoms with Gasteiger partial charge in [0.25, 0.3) is 0 Å². The normalized spacial score (nSPS) is 17.8. The summed E-state index contributed by atoms with van der Waals surface area (Å²) in [4.78, 5) is 0. The van der Waals surface area contributed by atoms with Gasteiger partial charge in [0.1, 0.15) is 0 Å². The van der Waals surface area contributed by atoms with Crippen molar-refractivity contribution < 1.29 is 50.9 Å². The van der Waals surface area contributed by atoms with Gasteiger partial charge in [0.2, 0.25) is 0 Å². The van der Waals surface area contributed by atoms with Crippen LogP contribution in [0.4, 0.5) is 0 Å². The van der Waals surface area contributed by atoms with Crippen molar-refractivity contribution in [1.29, 1.82) is 0 Å². The second-order valence-corrected chi connectivity index (χ2v) is 4.67. The average molecular weight is 442 g/mol. The number of hydrogen-bond donors (Lipinski definition) is 0. The summed E-state index contributed by atoms with van der Waals surface area (Å²) in [5.74, 6) is 0. The summed E-state index contributed by atoms with van der Waals surface area (Å²) in [7, 11) is 0. The standard InChI is InChI=1S/C6H11.3BrH.Sn/c1-2-4-6-5-3-1;;;;/h1H,2-6H2;3*1H;/q;;;;+3/p-3. The monoisotopic (exact) mass is 440 g/mol. The van der Waals surface area contributed by atoms with Gasteiger partial charge in [-0.15, -0.1) is 0 Å². The molecule has 0 spiro atoms. The molecule has 0 N–H and O–H groups in total. The maximum atomic E-state index is 1.77. The summed E-state index contributed by atoms with van der Waals surface area (Å²) >= 11 is 1.77. The molecule has 0 nitrogen and oxygen atoms in total. The van der Waals surface area contributed by atoms with Gasteiger partial charge in [0.15, 0.2) is 0 Å². The molecule has 0 aromatic heterocycles. The van der Waals surface area contributed by atoms with Crippen molar-refractivity contribution >= 4 is 22.5 Å². The van der Waals surface area contributed by atoms with E-state index in [-0.39, 0.29) is 50.9 Å². The van der Waals surface area contributed by atoms with E-state index in [1.807, 2.05) is 0 Å². The van der Waals surface area contributed by atoms with Crippen LogP contribution in [-0.2, 0) is 0 Å². The summed E-state index contributed by atoms with van der Waals surface area (Å²) < 4.78 is 1.13. The van der Waals surface area contributed by atoms with E-state index in [1.165, 1.54) is 32.1 Å². The molecule has 1 saturated carbocycles. The number of halogens is 3. The summed E-state index contributed by atoms with van der Waals surface area (Å²) in [6, 6.07) is 0. The molecule has 0 bridgehead atoms. The van der Waals surface area contributed by atoms with Gasteiger partial charge in [-0.05, 0) is 0 Å². The molecule has 1 aliphatic rings. The van der Waals surface area contributed by atoms with Gasteiger partial charge in [-0.25, -0.2) is 0 Å². The second-order valence-electron chi connectivity index (χ2n) is 2.33. The van der Waals surface area contributed by atoms with Crippen LogP contribution in [0.25, 0.3) is 0 Å². The van der Waals surface area contributed by atoms with Crippen molar-refractivity contribution in [3.05, 3.63) is 0 Å².